The molecule has 0 atom stereocenters. The zero-order valence-electron chi connectivity index (χ0n) is 12.0. The van der Waals surface area contributed by atoms with Crippen molar-refractivity contribution in [2.75, 3.05) is 0 Å². The highest BCUT2D eigenvalue weighted by atomic mass is 14.9. The second-order valence-corrected chi connectivity index (χ2v) is 5.33. The van der Waals surface area contributed by atoms with Gasteiger partial charge in [-0.2, -0.15) is 0 Å². The molecule has 1 heteroatoms. The van der Waals surface area contributed by atoms with Crippen molar-refractivity contribution in [3.8, 4) is 11.3 Å². The van der Waals surface area contributed by atoms with E-state index in [1.165, 1.54) is 48.0 Å². The molecule has 0 saturated carbocycles. The molecule has 102 valence electrons. The molecular weight excluding hydrogens is 242 g/mol. The van der Waals surface area contributed by atoms with Gasteiger partial charge in [-0.15, -0.1) is 0 Å². The first kappa shape index (κ1) is 13.0. The van der Waals surface area contributed by atoms with Gasteiger partial charge in [-0.25, -0.2) is 0 Å². The van der Waals surface area contributed by atoms with E-state index in [0.717, 1.165) is 0 Å². The van der Waals surface area contributed by atoms with Crippen LogP contribution in [0.5, 0.6) is 0 Å². The van der Waals surface area contributed by atoms with Gasteiger partial charge in [0.05, 0.1) is 5.69 Å². The molecule has 0 bridgehead atoms. The van der Waals surface area contributed by atoms with Gasteiger partial charge >= 0.3 is 0 Å². The third-order valence-corrected chi connectivity index (χ3v) is 3.88. The molecule has 0 N–H and O–H groups in total. The molecule has 0 unspecified atom stereocenters. The Bertz CT molecular complexity index is 679. The van der Waals surface area contributed by atoms with E-state index < -0.39 is 0 Å². The van der Waals surface area contributed by atoms with E-state index in [2.05, 4.69) is 72.1 Å². The van der Waals surface area contributed by atoms with Crippen molar-refractivity contribution < 1.29 is 0 Å². The van der Waals surface area contributed by atoms with Crippen LogP contribution in [0.2, 0.25) is 0 Å². The largest absolute Gasteiger partial charge is 0.316 e. The Morgan fingerprint density at radius 1 is 0.900 bits per heavy atom. The van der Waals surface area contributed by atoms with Gasteiger partial charge in [-0.05, 0) is 42.2 Å². The van der Waals surface area contributed by atoms with E-state index in [0.29, 0.717) is 0 Å². The maximum atomic E-state index is 2.36. The van der Waals surface area contributed by atoms with Crippen molar-refractivity contribution in [3.05, 3.63) is 66.4 Å². The van der Waals surface area contributed by atoms with E-state index in [9.17, 15) is 0 Å². The lowest BCUT2D eigenvalue weighted by atomic mass is 10.1. The molecule has 0 amide bonds. The normalized spacial score (nSPS) is 11.1. The molecule has 1 aromatic carbocycles. The van der Waals surface area contributed by atoms with Crippen LogP contribution in [-0.4, -0.2) is 4.40 Å². The van der Waals surface area contributed by atoms with Crippen molar-refractivity contribution in [1.29, 1.82) is 0 Å². The first-order chi connectivity index (χ1) is 9.90. The topological polar surface area (TPSA) is 4.41 Å². The summed E-state index contributed by atoms with van der Waals surface area (Å²) in [5, 5.41) is 0. The van der Waals surface area contributed by atoms with Crippen LogP contribution in [-0.2, 0) is 6.42 Å². The van der Waals surface area contributed by atoms with Gasteiger partial charge in [0.2, 0.25) is 0 Å². The highest BCUT2D eigenvalue weighted by Crippen LogP contribution is 2.27. The number of fused-ring (bicyclic) bond motifs is 1. The fourth-order valence-corrected chi connectivity index (χ4v) is 2.82. The highest BCUT2D eigenvalue weighted by molar-refractivity contribution is 5.71. The van der Waals surface area contributed by atoms with Crippen LogP contribution in [0.25, 0.3) is 16.8 Å². The maximum Gasteiger partial charge on any atom is 0.0531 e. The van der Waals surface area contributed by atoms with Crippen molar-refractivity contribution in [1.82, 2.24) is 4.40 Å². The minimum atomic E-state index is 1.17. The van der Waals surface area contributed by atoms with Gasteiger partial charge in [0.1, 0.15) is 0 Å². The molecule has 2 heterocycles. The summed E-state index contributed by atoms with van der Waals surface area (Å²) in [6.45, 7) is 2.26. The standard InChI is InChI=1S/C19H21N/c1-2-3-5-12-17-15-19(16-10-6-4-7-11-16)20-14-9-8-13-18(17)20/h4,6-11,13-15H,2-3,5,12H2,1H3. The van der Waals surface area contributed by atoms with E-state index >= 15 is 0 Å². The molecule has 0 aliphatic carbocycles. The summed E-state index contributed by atoms with van der Waals surface area (Å²) in [4.78, 5) is 0. The fourth-order valence-electron chi connectivity index (χ4n) is 2.82. The van der Waals surface area contributed by atoms with E-state index in [4.69, 9.17) is 0 Å². The van der Waals surface area contributed by atoms with Gasteiger partial charge in [-0.3, -0.25) is 0 Å². The molecule has 2 aromatic heterocycles. The van der Waals surface area contributed by atoms with Crippen LogP contribution in [0.1, 0.15) is 31.7 Å². The lowest BCUT2D eigenvalue weighted by molar-refractivity contribution is 0.720. The van der Waals surface area contributed by atoms with Gasteiger partial charge in [0, 0.05) is 11.7 Å². The number of nitrogens with zero attached hydrogens (tertiary/aromatic N) is 1. The molecule has 3 rings (SSSR count). The Hall–Kier alpha value is -2.02. The van der Waals surface area contributed by atoms with Crippen molar-refractivity contribution in [3.63, 3.8) is 0 Å². The minimum absolute atomic E-state index is 1.17. The van der Waals surface area contributed by atoms with Crippen molar-refractivity contribution in [2.24, 2.45) is 0 Å². The number of pyridine rings is 1. The van der Waals surface area contributed by atoms with Gasteiger partial charge < -0.3 is 4.40 Å². The zero-order valence-corrected chi connectivity index (χ0v) is 12.0. The molecule has 0 aliphatic rings. The predicted octanol–water partition coefficient (Wildman–Crippen LogP) is 5.34. The zero-order chi connectivity index (χ0) is 13.8. The van der Waals surface area contributed by atoms with Crippen LogP contribution >= 0.6 is 0 Å². The minimum Gasteiger partial charge on any atom is -0.316 e. The van der Waals surface area contributed by atoms with Crippen LogP contribution in [0, 0.1) is 0 Å². The average molecular weight is 263 g/mol. The van der Waals surface area contributed by atoms with E-state index in [1.807, 2.05) is 0 Å². The lowest BCUT2D eigenvalue weighted by Crippen LogP contribution is -1.87. The predicted molar refractivity (Wildman–Crippen MR) is 86.1 cm³/mol. The third-order valence-electron chi connectivity index (χ3n) is 3.88. The SMILES string of the molecule is CCCCCc1cc(-c2ccccc2)n2ccccc12. The number of aromatic nitrogens is 1. The van der Waals surface area contributed by atoms with Crippen LogP contribution in [0.15, 0.2) is 60.8 Å². The molecule has 0 aliphatic heterocycles. The summed E-state index contributed by atoms with van der Waals surface area (Å²) in [5.74, 6) is 0. The van der Waals surface area contributed by atoms with Gasteiger partial charge in [0.25, 0.3) is 0 Å². The van der Waals surface area contributed by atoms with Crippen LogP contribution in [0.3, 0.4) is 0 Å². The smallest absolute Gasteiger partial charge is 0.0531 e. The van der Waals surface area contributed by atoms with Crippen molar-refractivity contribution >= 4 is 5.52 Å². The molecule has 0 spiro atoms. The lowest BCUT2D eigenvalue weighted by Gasteiger charge is -2.02. The van der Waals surface area contributed by atoms with Crippen LogP contribution < -0.4 is 0 Å². The fraction of sp³-hybridized carbons (Fsp3) is 0.263. The third kappa shape index (κ3) is 2.49. The first-order valence-electron chi connectivity index (χ1n) is 7.54. The Morgan fingerprint density at radius 2 is 1.70 bits per heavy atom. The second-order valence-electron chi connectivity index (χ2n) is 5.33. The quantitative estimate of drug-likeness (QED) is 0.547. The molecule has 1 nitrogen and oxygen atoms in total. The molecular formula is C19H21N. The van der Waals surface area contributed by atoms with Gasteiger partial charge in [-0.1, -0.05) is 56.2 Å². The Kier molecular flexibility index (Phi) is 3.87. The molecule has 0 fully saturated rings. The van der Waals surface area contributed by atoms with E-state index in [1.54, 1.807) is 0 Å². The highest BCUT2D eigenvalue weighted by Gasteiger charge is 2.09. The van der Waals surface area contributed by atoms with Crippen molar-refractivity contribution in [2.45, 2.75) is 32.6 Å². The summed E-state index contributed by atoms with van der Waals surface area (Å²) >= 11 is 0. The summed E-state index contributed by atoms with van der Waals surface area (Å²) in [5.41, 5.74) is 5.41. The molecule has 20 heavy (non-hydrogen) atoms. The van der Waals surface area contributed by atoms with Gasteiger partial charge in [0.15, 0.2) is 0 Å². The maximum absolute atomic E-state index is 2.36. The number of benzene rings is 1. The summed E-state index contributed by atoms with van der Waals surface area (Å²) in [6, 6.07) is 19.5. The van der Waals surface area contributed by atoms with Crippen LogP contribution in [0.4, 0.5) is 0 Å². The van der Waals surface area contributed by atoms with E-state index in [-0.39, 0.29) is 0 Å². The first-order valence-corrected chi connectivity index (χ1v) is 7.54. The molecule has 0 saturated heterocycles. The Balaban J connectivity index is 2.05. The second kappa shape index (κ2) is 5.96. The number of unbranched alkanes of at least 4 members (excludes halogenated alkanes) is 2. The monoisotopic (exact) mass is 263 g/mol. The Labute approximate surface area is 120 Å². The number of hydrogen-bond donors (Lipinski definition) is 0. The summed E-state index contributed by atoms with van der Waals surface area (Å²) in [7, 11) is 0. The number of rotatable bonds is 5. The average Bonchev–Trinajstić information content (AvgIpc) is 2.88. The number of hydrogen-bond acceptors (Lipinski definition) is 0. The summed E-state index contributed by atoms with van der Waals surface area (Å²) in [6.07, 6.45) is 7.21. The Morgan fingerprint density at radius 3 is 2.50 bits per heavy atom. The molecule has 3 aromatic rings. The summed E-state index contributed by atoms with van der Waals surface area (Å²) < 4.78 is 2.32. The molecule has 0 radical (unpaired) electrons. The number of aryl methyl sites for hydroxylation is 1.